The molecule has 1 aliphatic heterocycles. The first-order chi connectivity index (χ1) is 9.56. The number of aromatic nitrogens is 3. The zero-order valence-corrected chi connectivity index (χ0v) is 12.9. The minimum Gasteiger partial charge on any atom is -0.307 e. The van der Waals surface area contributed by atoms with Gasteiger partial charge in [0, 0.05) is 32.4 Å². The number of aryl methyl sites for hydroxylation is 1. The van der Waals surface area contributed by atoms with Crippen LogP contribution in [0, 0.1) is 6.92 Å². The average molecular weight is 294 g/mol. The van der Waals surface area contributed by atoms with Crippen LogP contribution >= 0.6 is 11.6 Å². The third-order valence-electron chi connectivity index (χ3n) is 3.75. The predicted octanol–water partition coefficient (Wildman–Crippen LogP) is 1.92. The lowest BCUT2D eigenvalue weighted by Gasteiger charge is -2.35. The molecule has 3 heterocycles. The molecule has 1 saturated heterocycles. The molecule has 108 valence electrons. The molecule has 0 aromatic carbocycles. The lowest BCUT2D eigenvalue weighted by molar-refractivity contribution is 0.287. The van der Waals surface area contributed by atoms with Gasteiger partial charge in [-0.05, 0) is 32.5 Å². The van der Waals surface area contributed by atoms with E-state index in [2.05, 4.69) is 37.7 Å². The summed E-state index contributed by atoms with van der Waals surface area (Å²) in [4.78, 5) is 11.6. The summed E-state index contributed by atoms with van der Waals surface area (Å²) in [5.74, 6) is 0.879. The van der Waals surface area contributed by atoms with E-state index in [1.165, 1.54) is 0 Å². The van der Waals surface area contributed by atoms with Gasteiger partial charge in [0.25, 0.3) is 0 Å². The molecule has 0 spiro atoms. The van der Waals surface area contributed by atoms with Crippen molar-refractivity contribution < 1.29 is 0 Å². The number of rotatable bonds is 2. The molecule has 6 heteroatoms. The highest BCUT2D eigenvalue weighted by Crippen LogP contribution is 2.24. The van der Waals surface area contributed by atoms with Gasteiger partial charge < -0.3 is 9.91 Å². The molecule has 2 aromatic heterocycles. The van der Waals surface area contributed by atoms with Gasteiger partial charge in [0.2, 0.25) is 0 Å². The molecule has 1 aliphatic rings. The van der Waals surface area contributed by atoms with E-state index >= 15 is 0 Å². The molecule has 0 N–H and O–H groups in total. The van der Waals surface area contributed by atoms with E-state index < -0.39 is 0 Å². The molecule has 0 bridgehead atoms. The highest BCUT2D eigenvalue weighted by Gasteiger charge is 2.23. The normalized spacial score (nSPS) is 18.7. The van der Waals surface area contributed by atoms with Gasteiger partial charge >= 0.3 is 0 Å². The van der Waals surface area contributed by atoms with Crippen LogP contribution in [0.4, 0.5) is 0 Å². The van der Waals surface area contributed by atoms with Crippen LogP contribution in [0.3, 0.4) is 0 Å². The highest BCUT2D eigenvalue weighted by atomic mass is 35.5. The fourth-order valence-corrected chi connectivity index (χ4v) is 2.74. The average Bonchev–Trinajstić information content (AvgIpc) is 2.78. The van der Waals surface area contributed by atoms with E-state index in [0.29, 0.717) is 0 Å². The monoisotopic (exact) mass is 293 g/mol. The molecular weight excluding hydrogens is 274 g/mol. The van der Waals surface area contributed by atoms with Crippen molar-refractivity contribution in [2.45, 2.75) is 19.2 Å². The topological polar surface area (TPSA) is 37.2 Å². The van der Waals surface area contributed by atoms with Crippen LogP contribution in [0.1, 0.15) is 23.7 Å². The molecule has 5 nitrogen and oxygen atoms in total. The second-order valence-electron chi connectivity index (χ2n) is 5.51. The summed E-state index contributed by atoms with van der Waals surface area (Å²) in [5.41, 5.74) is 2.95. The Bertz CT molecular complexity index is 613. The summed E-state index contributed by atoms with van der Waals surface area (Å²) in [5, 5.41) is 2.16. The van der Waals surface area contributed by atoms with E-state index in [9.17, 15) is 0 Å². The summed E-state index contributed by atoms with van der Waals surface area (Å²) < 4.78 is 2.11. The zero-order valence-electron chi connectivity index (χ0n) is 12.2. The number of piperazine rings is 1. The first-order valence-electron chi connectivity index (χ1n) is 6.99. The second kappa shape index (κ2) is 5.22. The van der Waals surface area contributed by atoms with E-state index in [4.69, 9.17) is 11.6 Å². The van der Waals surface area contributed by atoms with Crippen LogP contribution in [0.15, 0.2) is 12.3 Å². The van der Waals surface area contributed by atoms with E-state index in [1.54, 1.807) is 0 Å². The molecule has 1 unspecified atom stereocenters. The minimum atomic E-state index is -0.135. The maximum absolute atomic E-state index is 6.32. The minimum absolute atomic E-state index is 0.135. The van der Waals surface area contributed by atoms with Crippen molar-refractivity contribution >= 4 is 22.8 Å². The Labute approximate surface area is 124 Å². The summed E-state index contributed by atoms with van der Waals surface area (Å²) >= 11 is 6.32. The number of halogens is 1. The lowest BCUT2D eigenvalue weighted by atomic mass is 10.3. The third kappa shape index (κ3) is 2.36. The summed E-state index contributed by atoms with van der Waals surface area (Å²) in [6.07, 6.45) is 1.89. The van der Waals surface area contributed by atoms with Crippen LogP contribution in [0.2, 0.25) is 0 Å². The van der Waals surface area contributed by atoms with Crippen molar-refractivity contribution in [1.29, 1.82) is 0 Å². The number of pyridine rings is 1. The summed E-state index contributed by atoms with van der Waals surface area (Å²) in [6, 6.07) is 2.07. The molecule has 0 amide bonds. The third-order valence-corrected chi connectivity index (χ3v) is 3.95. The number of hydrogen-bond acceptors (Lipinski definition) is 4. The molecule has 20 heavy (non-hydrogen) atoms. The van der Waals surface area contributed by atoms with Crippen molar-refractivity contribution in [3.8, 4) is 0 Å². The Hall–Kier alpha value is -1.33. The molecule has 1 atom stereocenters. The van der Waals surface area contributed by atoms with Gasteiger partial charge in [-0.25, -0.2) is 14.6 Å². The molecule has 1 fully saturated rings. The predicted molar refractivity (Wildman–Crippen MR) is 82.0 cm³/mol. The molecule has 0 saturated carbocycles. The SMILES string of the molecule is Cc1cnc2c(c1)nc(C(C)Cl)n2N1CCN(C)CC1. The zero-order chi connectivity index (χ0) is 14.3. The maximum atomic E-state index is 6.32. The highest BCUT2D eigenvalue weighted by molar-refractivity contribution is 6.20. The molecule has 2 aromatic rings. The smallest absolute Gasteiger partial charge is 0.179 e. The Morgan fingerprint density at radius 2 is 1.95 bits per heavy atom. The van der Waals surface area contributed by atoms with Crippen molar-refractivity contribution in [2.24, 2.45) is 0 Å². The number of hydrogen-bond donors (Lipinski definition) is 0. The van der Waals surface area contributed by atoms with Gasteiger partial charge in [0.1, 0.15) is 11.3 Å². The van der Waals surface area contributed by atoms with Crippen molar-refractivity contribution in [3.05, 3.63) is 23.7 Å². The van der Waals surface area contributed by atoms with E-state index in [1.807, 2.05) is 20.0 Å². The van der Waals surface area contributed by atoms with Crippen LogP contribution in [-0.4, -0.2) is 52.8 Å². The standard InChI is InChI=1S/C14H20ClN5/c1-10-8-12-14(16-9-10)20(13(17-12)11(2)15)19-6-4-18(3)5-7-19/h8-9,11H,4-7H2,1-3H3. The van der Waals surface area contributed by atoms with Crippen molar-refractivity contribution in [3.63, 3.8) is 0 Å². The lowest BCUT2D eigenvalue weighted by Crippen LogP contribution is -2.50. The van der Waals surface area contributed by atoms with Gasteiger partial charge in [0.15, 0.2) is 5.65 Å². The first-order valence-corrected chi connectivity index (χ1v) is 7.43. The van der Waals surface area contributed by atoms with Crippen molar-refractivity contribution in [1.82, 2.24) is 19.5 Å². The Morgan fingerprint density at radius 1 is 1.25 bits per heavy atom. The molecular formula is C14H20ClN5. The van der Waals surface area contributed by atoms with E-state index in [0.717, 1.165) is 48.7 Å². The van der Waals surface area contributed by atoms with Crippen LogP contribution < -0.4 is 5.01 Å². The summed E-state index contributed by atoms with van der Waals surface area (Å²) in [7, 11) is 2.15. The molecule has 0 aliphatic carbocycles. The number of imidazole rings is 1. The Kier molecular flexibility index (Phi) is 3.56. The summed E-state index contributed by atoms with van der Waals surface area (Å²) in [6.45, 7) is 8.01. The van der Waals surface area contributed by atoms with Gasteiger partial charge in [-0.1, -0.05) is 0 Å². The molecule has 3 rings (SSSR count). The first kappa shape index (κ1) is 13.6. The van der Waals surface area contributed by atoms with Crippen molar-refractivity contribution in [2.75, 3.05) is 38.2 Å². The fourth-order valence-electron chi connectivity index (χ4n) is 2.60. The van der Waals surface area contributed by atoms with Crippen LogP contribution in [-0.2, 0) is 0 Å². The largest absolute Gasteiger partial charge is 0.307 e. The number of nitrogens with zero attached hydrogens (tertiary/aromatic N) is 5. The number of alkyl halides is 1. The maximum Gasteiger partial charge on any atom is 0.179 e. The van der Waals surface area contributed by atoms with Gasteiger partial charge in [0.05, 0.1) is 5.38 Å². The van der Waals surface area contributed by atoms with Gasteiger partial charge in [-0.2, -0.15) is 0 Å². The Balaban J connectivity index is 2.09. The van der Waals surface area contributed by atoms with E-state index in [-0.39, 0.29) is 5.38 Å². The quantitative estimate of drug-likeness (QED) is 0.793. The van der Waals surface area contributed by atoms with Gasteiger partial charge in [-0.15, -0.1) is 11.6 Å². The number of likely N-dealkylation sites (N-methyl/N-ethyl adjacent to an activating group) is 1. The number of fused-ring (bicyclic) bond motifs is 1. The van der Waals surface area contributed by atoms with Crippen LogP contribution in [0.25, 0.3) is 11.2 Å². The fraction of sp³-hybridized carbons (Fsp3) is 0.571. The molecule has 0 radical (unpaired) electrons. The Morgan fingerprint density at radius 3 is 2.60 bits per heavy atom. The van der Waals surface area contributed by atoms with Crippen LogP contribution in [0.5, 0.6) is 0 Å². The second-order valence-corrected chi connectivity index (χ2v) is 6.16. The van der Waals surface area contributed by atoms with Gasteiger partial charge in [-0.3, -0.25) is 0 Å².